The molecule has 0 radical (unpaired) electrons. The Kier molecular flexibility index (Phi) is 5.12. The number of hydrogen-bond acceptors (Lipinski definition) is 4. The monoisotopic (exact) mass is 276 g/mol. The largest absolute Gasteiger partial charge is 0.459 e. The van der Waals surface area contributed by atoms with Crippen molar-refractivity contribution >= 4 is 11.9 Å². The fourth-order valence-electron chi connectivity index (χ4n) is 2.13. The van der Waals surface area contributed by atoms with Crippen molar-refractivity contribution in [2.75, 3.05) is 6.54 Å². The lowest BCUT2D eigenvalue weighted by atomic mass is 10.2. The molecule has 0 aromatic heterocycles. The lowest BCUT2D eigenvalue weighted by molar-refractivity contribution is -0.148. The van der Waals surface area contributed by atoms with Gasteiger partial charge in [-0.3, -0.25) is 4.79 Å². The predicted molar refractivity (Wildman–Crippen MR) is 74.9 cm³/mol. The van der Waals surface area contributed by atoms with Crippen molar-refractivity contribution < 1.29 is 14.3 Å². The van der Waals surface area contributed by atoms with Crippen LogP contribution in [-0.4, -0.2) is 30.5 Å². The number of carbonyl (C=O) groups excluding carboxylic acids is 2. The molecule has 1 amide bonds. The minimum atomic E-state index is -0.631. The number of nitrogens with one attached hydrogen (secondary N) is 2. The molecule has 2 N–H and O–H groups in total. The van der Waals surface area contributed by atoms with Gasteiger partial charge in [-0.15, -0.1) is 0 Å². The molecule has 0 saturated carbocycles. The molecule has 2 rings (SSSR count). The van der Waals surface area contributed by atoms with E-state index in [1.807, 2.05) is 30.3 Å². The summed E-state index contributed by atoms with van der Waals surface area (Å²) < 4.78 is 5.18. The molecule has 1 aliphatic heterocycles. The van der Waals surface area contributed by atoms with Crippen molar-refractivity contribution in [3.8, 4) is 0 Å². The van der Waals surface area contributed by atoms with Crippen LogP contribution in [0.4, 0.5) is 0 Å². The number of carbonyl (C=O) groups is 2. The van der Waals surface area contributed by atoms with Gasteiger partial charge in [-0.05, 0) is 31.9 Å². The number of ether oxygens (including phenoxy) is 1. The summed E-state index contributed by atoms with van der Waals surface area (Å²) in [4.78, 5) is 23.7. The van der Waals surface area contributed by atoms with Crippen molar-refractivity contribution in [3.05, 3.63) is 35.9 Å². The Hall–Kier alpha value is -1.88. The maximum absolute atomic E-state index is 11.9. The Morgan fingerprint density at radius 3 is 2.80 bits per heavy atom. The summed E-state index contributed by atoms with van der Waals surface area (Å²) in [5.41, 5.74) is 0.928. The molecular weight excluding hydrogens is 256 g/mol. The van der Waals surface area contributed by atoms with Crippen LogP contribution in [0.25, 0.3) is 0 Å². The van der Waals surface area contributed by atoms with E-state index < -0.39 is 12.0 Å². The minimum absolute atomic E-state index is 0.133. The molecule has 20 heavy (non-hydrogen) atoms. The highest BCUT2D eigenvalue weighted by Crippen LogP contribution is 2.06. The van der Waals surface area contributed by atoms with Gasteiger partial charge in [0.05, 0.1) is 6.04 Å². The van der Waals surface area contributed by atoms with Gasteiger partial charge in [-0.1, -0.05) is 30.3 Å². The first-order chi connectivity index (χ1) is 9.66. The number of amides is 1. The number of rotatable bonds is 5. The highest BCUT2D eigenvalue weighted by atomic mass is 16.5. The van der Waals surface area contributed by atoms with Gasteiger partial charge >= 0.3 is 5.97 Å². The average molecular weight is 276 g/mol. The van der Waals surface area contributed by atoms with Crippen molar-refractivity contribution in [2.45, 2.75) is 38.5 Å². The summed E-state index contributed by atoms with van der Waals surface area (Å²) in [6.07, 6.45) is 1.81. The molecule has 0 aliphatic carbocycles. The highest BCUT2D eigenvalue weighted by molar-refractivity contribution is 5.87. The van der Waals surface area contributed by atoms with Crippen LogP contribution in [0.3, 0.4) is 0 Å². The van der Waals surface area contributed by atoms with E-state index in [9.17, 15) is 9.59 Å². The molecule has 2 atom stereocenters. The maximum Gasteiger partial charge on any atom is 0.328 e. The Morgan fingerprint density at radius 1 is 1.40 bits per heavy atom. The zero-order chi connectivity index (χ0) is 14.4. The van der Waals surface area contributed by atoms with E-state index in [1.54, 1.807) is 6.92 Å². The molecule has 0 spiro atoms. The SMILES string of the molecule is C[C@@H](NC(=O)[C@@H]1CCCN1)C(=O)OCc1ccccc1. The minimum Gasteiger partial charge on any atom is -0.459 e. The van der Waals surface area contributed by atoms with Crippen LogP contribution in [0.2, 0.25) is 0 Å². The second kappa shape index (κ2) is 7.05. The van der Waals surface area contributed by atoms with Gasteiger partial charge in [0.25, 0.3) is 0 Å². The topological polar surface area (TPSA) is 67.4 Å². The molecule has 0 unspecified atom stereocenters. The highest BCUT2D eigenvalue weighted by Gasteiger charge is 2.25. The van der Waals surface area contributed by atoms with Crippen LogP contribution in [0.5, 0.6) is 0 Å². The van der Waals surface area contributed by atoms with Crippen molar-refractivity contribution in [1.82, 2.24) is 10.6 Å². The zero-order valence-corrected chi connectivity index (χ0v) is 11.6. The number of esters is 1. The summed E-state index contributed by atoms with van der Waals surface area (Å²) in [5.74, 6) is -0.549. The van der Waals surface area contributed by atoms with Crippen LogP contribution >= 0.6 is 0 Å². The van der Waals surface area contributed by atoms with E-state index in [1.165, 1.54) is 0 Å². The zero-order valence-electron chi connectivity index (χ0n) is 11.6. The summed E-state index contributed by atoms with van der Waals surface area (Å²) in [5, 5.41) is 5.78. The molecule has 1 aliphatic rings. The van der Waals surface area contributed by atoms with Gasteiger partial charge in [0.1, 0.15) is 12.6 Å². The van der Waals surface area contributed by atoms with Crippen LogP contribution in [0, 0.1) is 0 Å². The summed E-state index contributed by atoms with van der Waals surface area (Å²) >= 11 is 0. The Morgan fingerprint density at radius 2 is 2.15 bits per heavy atom. The first-order valence-corrected chi connectivity index (χ1v) is 6.91. The number of benzene rings is 1. The van der Waals surface area contributed by atoms with E-state index in [-0.39, 0.29) is 18.6 Å². The smallest absolute Gasteiger partial charge is 0.328 e. The third-order valence-electron chi connectivity index (χ3n) is 3.31. The van der Waals surface area contributed by atoms with Crippen LogP contribution < -0.4 is 10.6 Å². The van der Waals surface area contributed by atoms with Gasteiger partial charge in [0, 0.05) is 0 Å². The van der Waals surface area contributed by atoms with Gasteiger partial charge < -0.3 is 15.4 Å². The van der Waals surface area contributed by atoms with Gasteiger partial charge in [0.15, 0.2) is 0 Å². The summed E-state index contributed by atoms with van der Waals surface area (Å²) in [6.45, 7) is 2.71. The van der Waals surface area contributed by atoms with E-state index >= 15 is 0 Å². The average Bonchev–Trinajstić information content (AvgIpc) is 3.00. The first-order valence-electron chi connectivity index (χ1n) is 6.91. The summed E-state index contributed by atoms with van der Waals surface area (Å²) in [6, 6.07) is 8.65. The second-order valence-electron chi connectivity index (χ2n) is 4.97. The van der Waals surface area contributed by atoms with Crippen LogP contribution in [0.1, 0.15) is 25.3 Å². The standard InChI is InChI=1S/C15H20N2O3/c1-11(17-14(18)13-8-5-9-16-13)15(19)20-10-12-6-3-2-4-7-12/h2-4,6-7,11,13,16H,5,8-10H2,1H3,(H,17,18)/t11-,13+/m1/s1. The van der Waals surface area contributed by atoms with Gasteiger partial charge in [-0.25, -0.2) is 4.79 Å². The molecule has 5 heteroatoms. The second-order valence-corrected chi connectivity index (χ2v) is 4.97. The molecule has 1 saturated heterocycles. The number of hydrogen-bond donors (Lipinski definition) is 2. The Bertz CT molecular complexity index is 455. The van der Waals surface area contributed by atoms with E-state index in [0.29, 0.717) is 0 Å². The molecule has 108 valence electrons. The quantitative estimate of drug-likeness (QED) is 0.787. The van der Waals surface area contributed by atoms with Crippen molar-refractivity contribution in [2.24, 2.45) is 0 Å². The van der Waals surface area contributed by atoms with E-state index in [2.05, 4.69) is 10.6 Å². The van der Waals surface area contributed by atoms with Gasteiger partial charge in [-0.2, -0.15) is 0 Å². The van der Waals surface area contributed by atoms with Gasteiger partial charge in [0.2, 0.25) is 5.91 Å². The molecule has 1 aromatic rings. The molecular formula is C15H20N2O3. The van der Waals surface area contributed by atoms with E-state index in [0.717, 1.165) is 24.9 Å². The molecule has 1 aromatic carbocycles. The first kappa shape index (κ1) is 14.5. The summed E-state index contributed by atoms with van der Waals surface area (Å²) in [7, 11) is 0. The fraction of sp³-hybridized carbons (Fsp3) is 0.467. The Balaban J connectivity index is 1.75. The van der Waals surface area contributed by atoms with E-state index in [4.69, 9.17) is 4.74 Å². The molecule has 5 nitrogen and oxygen atoms in total. The predicted octanol–water partition coefficient (Wildman–Crippen LogP) is 0.986. The molecule has 1 fully saturated rings. The van der Waals surface area contributed by atoms with Crippen molar-refractivity contribution in [1.29, 1.82) is 0 Å². The van der Waals surface area contributed by atoms with Crippen LogP contribution in [0.15, 0.2) is 30.3 Å². The molecule has 1 heterocycles. The third-order valence-corrected chi connectivity index (χ3v) is 3.31. The van der Waals surface area contributed by atoms with Crippen LogP contribution in [-0.2, 0) is 20.9 Å². The normalized spacial score (nSPS) is 19.4. The lowest BCUT2D eigenvalue weighted by Crippen LogP contribution is -2.47. The molecule has 0 bridgehead atoms. The van der Waals surface area contributed by atoms with Crippen molar-refractivity contribution in [3.63, 3.8) is 0 Å². The Labute approximate surface area is 118 Å². The lowest BCUT2D eigenvalue weighted by Gasteiger charge is -2.16. The maximum atomic E-state index is 11.9. The fourth-order valence-corrected chi connectivity index (χ4v) is 2.13. The third kappa shape index (κ3) is 4.06.